The van der Waals surface area contributed by atoms with Crippen LogP contribution >= 0.6 is 0 Å². The van der Waals surface area contributed by atoms with Gasteiger partial charge in [-0.25, -0.2) is 5.01 Å². The van der Waals surface area contributed by atoms with Crippen molar-refractivity contribution in [3.8, 4) is 0 Å². The molecule has 2 amide bonds. The van der Waals surface area contributed by atoms with Crippen molar-refractivity contribution < 1.29 is 14.4 Å². The van der Waals surface area contributed by atoms with Gasteiger partial charge in [-0.15, -0.1) is 0 Å². The molecule has 2 aromatic rings. The quantitative estimate of drug-likeness (QED) is 0.536. The van der Waals surface area contributed by atoms with E-state index in [0.29, 0.717) is 5.56 Å². The predicted octanol–water partition coefficient (Wildman–Crippen LogP) is 2.84. The zero-order valence-electron chi connectivity index (χ0n) is 13.9. The summed E-state index contributed by atoms with van der Waals surface area (Å²) in [7, 11) is 0. The lowest BCUT2D eigenvalue weighted by Crippen LogP contribution is -2.57. The van der Waals surface area contributed by atoms with Crippen LogP contribution in [0.25, 0.3) is 0 Å². The monoisotopic (exact) mass is 324 g/mol. The molecule has 0 saturated heterocycles. The number of hydrazine groups is 1. The third-order valence-corrected chi connectivity index (χ3v) is 3.35. The van der Waals surface area contributed by atoms with Gasteiger partial charge in [-0.1, -0.05) is 48.5 Å². The Kier molecular flexibility index (Phi) is 5.14. The molecule has 0 bridgehead atoms. The van der Waals surface area contributed by atoms with E-state index in [2.05, 4.69) is 5.43 Å². The summed E-state index contributed by atoms with van der Waals surface area (Å²) >= 11 is 0. The van der Waals surface area contributed by atoms with Gasteiger partial charge in [-0.3, -0.25) is 19.8 Å². The summed E-state index contributed by atoms with van der Waals surface area (Å²) in [5.74, 6) is -1.91. The van der Waals surface area contributed by atoms with Crippen molar-refractivity contribution in [3.05, 3.63) is 71.8 Å². The average Bonchev–Trinajstić information content (AvgIpc) is 2.58. The Morgan fingerprint density at radius 1 is 0.792 bits per heavy atom. The maximum absolute atomic E-state index is 12.7. The molecule has 0 heterocycles. The number of ketones is 1. The van der Waals surface area contributed by atoms with Crippen molar-refractivity contribution in [1.29, 1.82) is 0 Å². The molecule has 0 aliphatic carbocycles. The van der Waals surface area contributed by atoms with Gasteiger partial charge in [0.1, 0.15) is 0 Å². The number of hydrogen-bond acceptors (Lipinski definition) is 3. The van der Waals surface area contributed by atoms with Crippen LogP contribution in [0.5, 0.6) is 0 Å². The molecule has 0 aliphatic rings. The van der Waals surface area contributed by atoms with Gasteiger partial charge in [0.2, 0.25) is 0 Å². The van der Waals surface area contributed by atoms with Crippen LogP contribution in [0.4, 0.5) is 0 Å². The van der Waals surface area contributed by atoms with Gasteiger partial charge in [0.05, 0.1) is 5.54 Å². The number of carbonyl (C=O) groups is 3. The van der Waals surface area contributed by atoms with E-state index in [-0.39, 0.29) is 11.5 Å². The second-order valence-corrected chi connectivity index (χ2v) is 6.31. The highest BCUT2D eigenvalue weighted by Gasteiger charge is 2.31. The molecule has 0 atom stereocenters. The molecule has 2 rings (SSSR count). The first-order valence-corrected chi connectivity index (χ1v) is 7.60. The van der Waals surface area contributed by atoms with Crippen LogP contribution in [0.3, 0.4) is 0 Å². The van der Waals surface area contributed by atoms with Gasteiger partial charge in [-0.05, 0) is 32.9 Å². The Labute approximate surface area is 141 Å². The second kappa shape index (κ2) is 7.08. The normalized spacial score (nSPS) is 10.8. The largest absolute Gasteiger partial charge is 0.310 e. The average molecular weight is 324 g/mol. The maximum atomic E-state index is 12.7. The Balaban J connectivity index is 2.22. The fraction of sp³-hybridized carbons (Fsp3) is 0.211. The summed E-state index contributed by atoms with van der Waals surface area (Å²) in [4.78, 5) is 37.2. The molecule has 0 fully saturated rings. The van der Waals surface area contributed by atoms with Crippen molar-refractivity contribution in [2.75, 3.05) is 0 Å². The summed E-state index contributed by atoms with van der Waals surface area (Å²) in [6.45, 7) is 5.34. The molecule has 2 aromatic carbocycles. The number of carbonyl (C=O) groups excluding carboxylic acids is 3. The Hall–Kier alpha value is -2.95. The molecular weight excluding hydrogens is 304 g/mol. The van der Waals surface area contributed by atoms with Gasteiger partial charge < -0.3 is 0 Å². The van der Waals surface area contributed by atoms with E-state index in [1.54, 1.807) is 81.4 Å². The molecule has 5 heteroatoms. The molecule has 0 aliphatic heterocycles. The van der Waals surface area contributed by atoms with E-state index in [1.807, 2.05) is 0 Å². The molecule has 0 unspecified atom stereocenters. The fourth-order valence-electron chi connectivity index (χ4n) is 2.11. The van der Waals surface area contributed by atoms with Crippen LogP contribution in [-0.2, 0) is 4.79 Å². The standard InChI is InChI=1S/C19H20N2O3/c1-19(2,3)21(18(24)15-12-8-5-9-13-15)20-17(23)16(22)14-10-6-4-7-11-14/h4-13H,1-3H3,(H,20,23). The molecule has 124 valence electrons. The van der Waals surface area contributed by atoms with Crippen molar-refractivity contribution in [3.63, 3.8) is 0 Å². The molecule has 1 N–H and O–H groups in total. The fourth-order valence-corrected chi connectivity index (χ4v) is 2.11. The number of hydrogen-bond donors (Lipinski definition) is 1. The van der Waals surface area contributed by atoms with Crippen molar-refractivity contribution in [1.82, 2.24) is 10.4 Å². The number of amides is 2. The van der Waals surface area contributed by atoms with Crippen LogP contribution in [0.2, 0.25) is 0 Å². The molecular formula is C19H20N2O3. The third-order valence-electron chi connectivity index (χ3n) is 3.35. The van der Waals surface area contributed by atoms with Crippen LogP contribution in [0, 0.1) is 0 Å². The maximum Gasteiger partial charge on any atom is 0.310 e. The molecule has 0 radical (unpaired) electrons. The van der Waals surface area contributed by atoms with E-state index in [4.69, 9.17) is 0 Å². The van der Waals surface area contributed by atoms with Crippen molar-refractivity contribution in [2.45, 2.75) is 26.3 Å². The van der Waals surface area contributed by atoms with E-state index < -0.39 is 17.2 Å². The third kappa shape index (κ3) is 4.07. The molecule has 0 spiro atoms. The summed E-state index contributed by atoms with van der Waals surface area (Å²) < 4.78 is 0. The van der Waals surface area contributed by atoms with Crippen LogP contribution < -0.4 is 5.43 Å². The highest BCUT2D eigenvalue weighted by atomic mass is 16.2. The van der Waals surface area contributed by atoms with E-state index >= 15 is 0 Å². The van der Waals surface area contributed by atoms with E-state index in [1.165, 1.54) is 5.01 Å². The minimum absolute atomic E-state index is 0.274. The molecule has 0 saturated carbocycles. The molecule has 0 aromatic heterocycles. The van der Waals surface area contributed by atoms with Gasteiger partial charge in [0.25, 0.3) is 11.7 Å². The summed E-state index contributed by atoms with van der Waals surface area (Å²) in [5, 5.41) is 1.19. The topological polar surface area (TPSA) is 66.5 Å². The van der Waals surface area contributed by atoms with Gasteiger partial charge in [-0.2, -0.15) is 0 Å². The summed E-state index contributed by atoms with van der Waals surface area (Å²) in [5.41, 5.74) is 2.46. The minimum Gasteiger partial charge on any atom is -0.283 e. The van der Waals surface area contributed by atoms with E-state index in [0.717, 1.165) is 0 Å². The molecule has 5 nitrogen and oxygen atoms in total. The summed E-state index contributed by atoms with van der Waals surface area (Å²) in [6, 6.07) is 16.8. The number of rotatable bonds is 3. The second-order valence-electron chi connectivity index (χ2n) is 6.31. The zero-order valence-corrected chi connectivity index (χ0v) is 13.9. The molecule has 24 heavy (non-hydrogen) atoms. The van der Waals surface area contributed by atoms with Crippen molar-refractivity contribution >= 4 is 17.6 Å². The lowest BCUT2D eigenvalue weighted by Gasteiger charge is -2.35. The first kappa shape index (κ1) is 17.4. The first-order chi connectivity index (χ1) is 11.3. The first-order valence-electron chi connectivity index (χ1n) is 7.60. The smallest absolute Gasteiger partial charge is 0.283 e. The number of nitrogens with one attached hydrogen (secondary N) is 1. The Morgan fingerprint density at radius 2 is 1.25 bits per heavy atom. The van der Waals surface area contributed by atoms with Crippen molar-refractivity contribution in [2.24, 2.45) is 0 Å². The van der Waals surface area contributed by atoms with Gasteiger partial charge in [0.15, 0.2) is 0 Å². The highest BCUT2D eigenvalue weighted by Crippen LogP contribution is 2.15. The lowest BCUT2D eigenvalue weighted by molar-refractivity contribution is -0.122. The minimum atomic E-state index is -0.847. The Morgan fingerprint density at radius 3 is 1.71 bits per heavy atom. The lowest BCUT2D eigenvalue weighted by atomic mass is 10.1. The number of benzene rings is 2. The van der Waals surface area contributed by atoms with Crippen LogP contribution in [0.15, 0.2) is 60.7 Å². The highest BCUT2D eigenvalue weighted by molar-refractivity contribution is 6.42. The van der Waals surface area contributed by atoms with E-state index in [9.17, 15) is 14.4 Å². The van der Waals surface area contributed by atoms with Crippen LogP contribution in [0.1, 0.15) is 41.5 Å². The Bertz CT molecular complexity index is 734. The van der Waals surface area contributed by atoms with Gasteiger partial charge >= 0.3 is 5.91 Å². The number of Topliss-reactive ketones (excluding diaryl/α,β-unsaturated/α-hetero) is 1. The van der Waals surface area contributed by atoms with Gasteiger partial charge in [0, 0.05) is 11.1 Å². The summed E-state index contributed by atoms with van der Waals surface area (Å²) in [6.07, 6.45) is 0. The predicted molar refractivity (Wildman–Crippen MR) is 91.3 cm³/mol. The van der Waals surface area contributed by atoms with Crippen LogP contribution in [-0.4, -0.2) is 28.1 Å². The zero-order chi connectivity index (χ0) is 17.7. The number of nitrogens with zero attached hydrogens (tertiary/aromatic N) is 1. The SMILES string of the molecule is CC(C)(C)N(NC(=O)C(=O)c1ccccc1)C(=O)c1ccccc1.